The lowest BCUT2D eigenvalue weighted by molar-refractivity contribution is -0.385. The van der Waals surface area contributed by atoms with Crippen LogP contribution in [0.1, 0.15) is 22.3 Å². The number of halogens is 3. The lowest BCUT2D eigenvalue weighted by atomic mass is 10.1. The second-order valence-corrected chi connectivity index (χ2v) is 5.01. The molecule has 0 aliphatic carbocycles. The fourth-order valence-electron chi connectivity index (χ4n) is 2.19. The first-order valence-electron chi connectivity index (χ1n) is 6.60. The van der Waals surface area contributed by atoms with E-state index >= 15 is 0 Å². The van der Waals surface area contributed by atoms with Crippen LogP contribution in [0.25, 0.3) is 0 Å². The van der Waals surface area contributed by atoms with Gasteiger partial charge in [-0.15, -0.1) is 0 Å². The van der Waals surface area contributed by atoms with E-state index in [9.17, 15) is 28.1 Å². The molecule has 2 aromatic rings. The average Bonchev–Trinajstić information content (AvgIpc) is 2.49. The highest BCUT2D eigenvalue weighted by Crippen LogP contribution is 2.34. The van der Waals surface area contributed by atoms with Crippen LogP contribution in [0.5, 0.6) is 0 Å². The molecular weight excluding hydrogens is 327 g/mol. The standard InChI is InChI=1S/C15H10F3N3O3/c1-9-4-5-20(14(22)12(9)7-19)8-10-2-3-11(21(23)24)6-13(10)15(16,17)18/h2-6H,8H2,1H3. The smallest absolute Gasteiger partial charge is 0.310 e. The van der Waals surface area contributed by atoms with Gasteiger partial charge in [0.15, 0.2) is 0 Å². The molecule has 24 heavy (non-hydrogen) atoms. The number of pyridine rings is 1. The molecule has 2 rings (SSSR count). The number of non-ortho nitro benzene ring substituents is 1. The second-order valence-electron chi connectivity index (χ2n) is 5.01. The first-order chi connectivity index (χ1) is 11.1. The van der Waals surface area contributed by atoms with Crippen LogP contribution in [-0.2, 0) is 12.7 Å². The number of alkyl halides is 3. The van der Waals surface area contributed by atoms with Crippen molar-refractivity contribution in [2.75, 3.05) is 0 Å². The van der Waals surface area contributed by atoms with Crippen molar-refractivity contribution in [3.05, 3.63) is 73.2 Å². The summed E-state index contributed by atoms with van der Waals surface area (Å²) in [6.45, 7) is 1.08. The molecule has 6 nitrogen and oxygen atoms in total. The molecule has 0 atom stereocenters. The number of aromatic nitrogens is 1. The van der Waals surface area contributed by atoms with Crippen molar-refractivity contribution in [1.82, 2.24) is 4.57 Å². The number of benzene rings is 1. The van der Waals surface area contributed by atoms with Crippen molar-refractivity contribution >= 4 is 5.69 Å². The van der Waals surface area contributed by atoms with Gasteiger partial charge in [0, 0.05) is 18.3 Å². The van der Waals surface area contributed by atoms with Gasteiger partial charge in [-0.1, -0.05) is 0 Å². The van der Waals surface area contributed by atoms with Crippen LogP contribution >= 0.6 is 0 Å². The van der Waals surface area contributed by atoms with Crippen LogP contribution in [0.4, 0.5) is 18.9 Å². The summed E-state index contributed by atoms with van der Waals surface area (Å²) in [6.07, 6.45) is -3.53. The number of nitriles is 1. The zero-order valence-corrected chi connectivity index (χ0v) is 12.3. The molecule has 0 saturated carbocycles. The zero-order valence-electron chi connectivity index (χ0n) is 12.3. The van der Waals surface area contributed by atoms with E-state index in [1.807, 2.05) is 0 Å². The van der Waals surface area contributed by atoms with Gasteiger partial charge in [-0.25, -0.2) is 0 Å². The van der Waals surface area contributed by atoms with Gasteiger partial charge in [-0.05, 0) is 30.2 Å². The monoisotopic (exact) mass is 337 g/mol. The molecule has 0 aliphatic heterocycles. The number of aryl methyl sites for hydroxylation is 1. The van der Waals surface area contributed by atoms with Crippen LogP contribution in [0.2, 0.25) is 0 Å². The topological polar surface area (TPSA) is 88.9 Å². The maximum absolute atomic E-state index is 13.1. The summed E-state index contributed by atoms with van der Waals surface area (Å²) in [4.78, 5) is 21.9. The Balaban J connectivity index is 2.57. The summed E-state index contributed by atoms with van der Waals surface area (Å²) in [5.74, 6) is 0. The molecule has 0 N–H and O–H groups in total. The van der Waals surface area contributed by atoms with Crippen LogP contribution in [0.15, 0.2) is 35.3 Å². The highest BCUT2D eigenvalue weighted by atomic mass is 19.4. The first kappa shape index (κ1) is 17.2. The fraction of sp³-hybridized carbons (Fsp3) is 0.200. The molecule has 124 valence electrons. The number of rotatable bonds is 3. The molecule has 1 heterocycles. The third kappa shape index (κ3) is 3.27. The summed E-state index contributed by atoms with van der Waals surface area (Å²) < 4.78 is 40.4. The molecule has 0 amide bonds. The Morgan fingerprint density at radius 3 is 2.54 bits per heavy atom. The van der Waals surface area contributed by atoms with Crippen LogP contribution in [-0.4, -0.2) is 9.49 Å². The van der Waals surface area contributed by atoms with E-state index in [1.54, 1.807) is 6.07 Å². The predicted molar refractivity (Wildman–Crippen MR) is 77.4 cm³/mol. The van der Waals surface area contributed by atoms with Gasteiger partial charge in [-0.2, -0.15) is 18.4 Å². The molecule has 1 aromatic carbocycles. The van der Waals surface area contributed by atoms with Crippen molar-refractivity contribution in [2.24, 2.45) is 0 Å². The van der Waals surface area contributed by atoms with Gasteiger partial charge < -0.3 is 4.57 Å². The molecule has 9 heteroatoms. The average molecular weight is 337 g/mol. The lowest BCUT2D eigenvalue weighted by Crippen LogP contribution is -2.24. The predicted octanol–water partition coefficient (Wildman–Crippen LogP) is 3.00. The van der Waals surface area contributed by atoms with Crippen LogP contribution in [0.3, 0.4) is 0 Å². The van der Waals surface area contributed by atoms with Gasteiger partial charge in [0.1, 0.15) is 11.6 Å². The number of nitro benzene ring substituents is 1. The molecule has 0 radical (unpaired) electrons. The third-order valence-corrected chi connectivity index (χ3v) is 3.44. The van der Waals surface area contributed by atoms with E-state index in [4.69, 9.17) is 5.26 Å². The molecule has 1 aromatic heterocycles. The highest BCUT2D eigenvalue weighted by molar-refractivity contribution is 5.42. The zero-order chi connectivity index (χ0) is 18.1. The van der Waals surface area contributed by atoms with Gasteiger partial charge in [0.2, 0.25) is 0 Å². The van der Waals surface area contributed by atoms with E-state index in [1.165, 1.54) is 19.2 Å². The minimum Gasteiger partial charge on any atom is -0.310 e. The molecule has 0 unspecified atom stereocenters. The number of hydrogen-bond donors (Lipinski definition) is 0. The normalized spacial score (nSPS) is 11.1. The van der Waals surface area contributed by atoms with Gasteiger partial charge in [-0.3, -0.25) is 14.9 Å². The van der Waals surface area contributed by atoms with E-state index in [0.717, 1.165) is 16.7 Å². The van der Waals surface area contributed by atoms with E-state index in [2.05, 4.69) is 0 Å². The van der Waals surface area contributed by atoms with Crippen molar-refractivity contribution < 1.29 is 18.1 Å². The lowest BCUT2D eigenvalue weighted by Gasteiger charge is -2.14. The fourth-order valence-corrected chi connectivity index (χ4v) is 2.19. The Bertz CT molecular complexity index is 911. The summed E-state index contributed by atoms with van der Waals surface area (Å²) >= 11 is 0. The molecule has 0 saturated heterocycles. The summed E-state index contributed by atoms with van der Waals surface area (Å²) in [5, 5.41) is 19.6. The minimum absolute atomic E-state index is 0.159. The number of hydrogen-bond acceptors (Lipinski definition) is 4. The largest absolute Gasteiger partial charge is 0.416 e. The molecule has 0 fully saturated rings. The summed E-state index contributed by atoms with van der Waals surface area (Å²) in [5.41, 5.74) is -2.65. The highest BCUT2D eigenvalue weighted by Gasteiger charge is 2.35. The molecule has 0 bridgehead atoms. The van der Waals surface area contributed by atoms with Crippen molar-refractivity contribution in [1.29, 1.82) is 5.26 Å². The quantitative estimate of drug-likeness (QED) is 0.636. The Kier molecular flexibility index (Phi) is 4.41. The van der Waals surface area contributed by atoms with Crippen molar-refractivity contribution in [3.8, 4) is 6.07 Å². The number of nitrogens with zero attached hydrogens (tertiary/aromatic N) is 3. The first-order valence-corrected chi connectivity index (χ1v) is 6.60. The van der Waals surface area contributed by atoms with Gasteiger partial charge >= 0.3 is 6.18 Å². The van der Waals surface area contributed by atoms with Gasteiger partial charge in [0.25, 0.3) is 11.2 Å². The maximum Gasteiger partial charge on any atom is 0.416 e. The van der Waals surface area contributed by atoms with E-state index in [-0.39, 0.29) is 11.1 Å². The molecule has 0 spiro atoms. The van der Waals surface area contributed by atoms with Crippen molar-refractivity contribution in [3.63, 3.8) is 0 Å². The third-order valence-electron chi connectivity index (χ3n) is 3.44. The maximum atomic E-state index is 13.1. The Morgan fingerprint density at radius 1 is 1.33 bits per heavy atom. The minimum atomic E-state index is -4.81. The second kappa shape index (κ2) is 6.16. The number of nitro groups is 1. The Morgan fingerprint density at radius 2 is 2.00 bits per heavy atom. The van der Waals surface area contributed by atoms with Crippen molar-refractivity contribution in [2.45, 2.75) is 19.6 Å². The summed E-state index contributed by atoms with van der Waals surface area (Å²) in [6, 6.07) is 5.48. The van der Waals surface area contributed by atoms with Gasteiger partial charge in [0.05, 0.1) is 17.0 Å². The molecular formula is C15H10F3N3O3. The van der Waals surface area contributed by atoms with E-state index < -0.39 is 34.5 Å². The SMILES string of the molecule is Cc1ccn(Cc2ccc([N+](=O)[O-])cc2C(F)(F)F)c(=O)c1C#N. The van der Waals surface area contributed by atoms with Crippen LogP contribution in [0, 0.1) is 28.4 Å². The molecule has 0 aliphatic rings. The Labute approximate surface area is 133 Å². The van der Waals surface area contributed by atoms with Crippen LogP contribution < -0.4 is 5.56 Å². The van der Waals surface area contributed by atoms with E-state index in [0.29, 0.717) is 11.6 Å². The Hall–Kier alpha value is -3.15. The summed E-state index contributed by atoms with van der Waals surface area (Å²) in [7, 11) is 0.